The van der Waals surface area contributed by atoms with Crippen LogP contribution in [0.2, 0.25) is 0 Å². The van der Waals surface area contributed by atoms with Crippen molar-refractivity contribution in [1.82, 2.24) is 5.32 Å². The van der Waals surface area contributed by atoms with Crippen molar-refractivity contribution in [3.05, 3.63) is 41.5 Å². The number of hydrogen-bond donors (Lipinski definition) is 1. The van der Waals surface area contributed by atoms with Gasteiger partial charge in [0.25, 0.3) is 0 Å². The molecule has 1 aliphatic rings. The van der Waals surface area contributed by atoms with Crippen molar-refractivity contribution in [2.45, 2.75) is 19.5 Å². The molecule has 1 fully saturated rings. The third kappa shape index (κ3) is 4.34. The molecule has 0 aromatic heterocycles. The number of hydrogen-bond acceptors (Lipinski definition) is 2. The van der Waals surface area contributed by atoms with Crippen LogP contribution < -0.4 is 5.32 Å². The fourth-order valence-corrected chi connectivity index (χ4v) is 2.39. The van der Waals surface area contributed by atoms with E-state index in [9.17, 15) is 18.0 Å². The summed E-state index contributed by atoms with van der Waals surface area (Å²) in [5, 5.41) is 2.71. The van der Waals surface area contributed by atoms with Crippen molar-refractivity contribution in [2.24, 2.45) is 5.92 Å². The fourth-order valence-electron chi connectivity index (χ4n) is 2.39. The Labute approximate surface area is 127 Å². The zero-order valence-electron chi connectivity index (χ0n) is 12.2. The molecule has 0 bridgehead atoms. The quantitative estimate of drug-likeness (QED) is 0.867. The zero-order chi connectivity index (χ0) is 16.2. The van der Waals surface area contributed by atoms with Crippen molar-refractivity contribution in [3.63, 3.8) is 0 Å². The Hall–Kier alpha value is -1.82. The largest absolute Gasteiger partial charge is 0.416 e. The summed E-state index contributed by atoms with van der Waals surface area (Å²) >= 11 is 0. The predicted molar refractivity (Wildman–Crippen MR) is 77.0 cm³/mol. The van der Waals surface area contributed by atoms with Gasteiger partial charge >= 0.3 is 6.18 Å². The maximum Gasteiger partial charge on any atom is 0.416 e. The van der Waals surface area contributed by atoms with Crippen LogP contribution in [0.3, 0.4) is 0 Å². The van der Waals surface area contributed by atoms with Gasteiger partial charge in [0, 0.05) is 25.1 Å². The first-order valence-electron chi connectivity index (χ1n) is 7.08. The number of halogens is 3. The van der Waals surface area contributed by atoms with E-state index in [1.807, 2.05) is 0 Å². The molecule has 1 aromatic rings. The highest BCUT2D eigenvalue weighted by Gasteiger charge is 2.33. The molecule has 0 saturated carbocycles. The molecule has 6 heteroatoms. The average Bonchev–Trinajstić information content (AvgIpc) is 2.97. The van der Waals surface area contributed by atoms with Crippen molar-refractivity contribution in [3.8, 4) is 0 Å². The number of rotatable bonds is 4. The lowest BCUT2D eigenvalue weighted by molar-refractivity contribution is -0.137. The molecule has 120 valence electrons. The standard InChI is InChI=1S/C16H18F3NO2/c1-11(8-15(21)20-9-12-6-7-22-10-12)13-4-2-3-5-14(13)16(17,18)19/h2-5,8,12H,6-7,9-10H2,1H3,(H,20,21)/b11-8+/t12-/m1/s1. The lowest BCUT2D eigenvalue weighted by Gasteiger charge is -2.13. The number of ether oxygens (including phenoxy) is 1. The third-order valence-corrected chi connectivity index (χ3v) is 3.59. The molecule has 1 aliphatic heterocycles. The van der Waals surface area contributed by atoms with Gasteiger partial charge in [0.15, 0.2) is 0 Å². The third-order valence-electron chi connectivity index (χ3n) is 3.59. The van der Waals surface area contributed by atoms with Crippen LogP contribution in [0, 0.1) is 5.92 Å². The molecule has 1 amide bonds. The molecular formula is C16H18F3NO2. The van der Waals surface area contributed by atoms with E-state index in [0.29, 0.717) is 19.8 Å². The molecule has 0 spiro atoms. The Bertz CT molecular complexity index is 561. The number of amides is 1. The van der Waals surface area contributed by atoms with Crippen LogP contribution in [0.1, 0.15) is 24.5 Å². The van der Waals surface area contributed by atoms with Crippen molar-refractivity contribution in [2.75, 3.05) is 19.8 Å². The highest BCUT2D eigenvalue weighted by molar-refractivity contribution is 5.95. The Balaban J connectivity index is 2.06. The Morgan fingerprint density at radius 1 is 1.41 bits per heavy atom. The van der Waals surface area contributed by atoms with E-state index in [2.05, 4.69) is 5.32 Å². The van der Waals surface area contributed by atoms with Crippen LogP contribution in [0.25, 0.3) is 5.57 Å². The lowest BCUT2D eigenvalue weighted by atomic mass is 10.00. The Morgan fingerprint density at radius 3 is 2.77 bits per heavy atom. The summed E-state index contributed by atoms with van der Waals surface area (Å²) < 4.78 is 44.1. The van der Waals surface area contributed by atoms with Crippen LogP contribution in [-0.4, -0.2) is 25.7 Å². The maximum atomic E-state index is 13.0. The fraction of sp³-hybridized carbons (Fsp3) is 0.438. The summed E-state index contributed by atoms with van der Waals surface area (Å²) in [7, 11) is 0. The second-order valence-electron chi connectivity index (χ2n) is 5.35. The summed E-state index contributed by atoms with van der Waals surface area (Å²) in [6.07, 6.45) is -2.34. The second-order valence-corrected chi connectivity index (χ2v) is 5.35. The van der Waals surface area contributed by atoms with Crippen LogP contribution in [0.5, 0.6) is 0 Å². The smallest absolute Gasteiger partial charge is 0.381 e. The maximum absolute atomic E-state index is 13.0. The number of benzene rings is 1. The first kappa shape index (κ1) is 16.5. The number of carbonyl (C=O) groups is 1. The lowest BCUT2D eigenvalue weighted by Crippen LogP contribution is -2.28. The minimum absolute atomic E-state index is 0.0225. The van der Waals surface area contributed by atoms with Gasteiger partial charge in [-0.15, -0.1) is 0 Å². The van der Waals surface area contributed by atoms with Gasteiger partial charge in [-0.3, -0.25) is 4.79 Å². The summed E-state index contributed by atoms with van der Waals surface area (Å²) in [4.78, 5) is 11.8. The summed E-state index contributed by atoms with van der Waals surface area (Å²) in [5.74, 6) is -0.110. The first-order valence-corrected chi connectivity index (χ1v) is 7.08. The Morgan fingerprint density at radius 2 is 2.14 bits per heavy atom. The van der Waals surface area contributed by atoms with Gasteiger partial charge < -0.3 is 10.1 Å². The van der Waals surface area contributed by atoms with Crippen molar-refractivity contribution in [1.29, 1.82) is 0 Å². The molecule has 1 saturated heterocycles. The van der Waals surface area contributed by atoms with Gasteiger partial charge in [-0.2, -0.15) is 13.2 Å². The van der Waals surface area contributed by atoms with Crippen LogP contribution in [0.15, 0.2) is 30.3 Å². The molecule has 1 N–H and O–H groups in total. The van der Waals surface area contributed by atoms with Gasteiger partial charge in [-0.05, 0) is 30.5 Å². The van der Waals surface area contributed by atoms with Crippen LogP contribution >= 0.6 is 0 Å². The first-order chi connectivity index (χ1) is 10.4. The highest BCUT2D eigenvalue weighted by atomic mass is 19.4. The molecule has 0 aliphatic carbocycles. The summed E-state index contributed by atoms with van der Waals surface area (Å²) in [6.45, 7) is 3.28. The molecule has 0 unspecified atom stereocenters. The average molecular weight is 313 g/mol. The molecule has 2 rings (SSSR count). The minimum Gasteiger partial charge on any atom is -0.381 e. The van der Waals surface area contributed by atoms with E-state index in [4.69, 9.17) is 4.74 Å². The van der Waals surface area contributed by atoms with Crippen LogP contribution in [0.4, 0.5) is 13.2 Å². The van der Waals surface area contributed by atoms with Gasteiger partial charge in [-0.1, -0.05) is 18.2 Å². The highest BCUT2D eigenvalue weighted by Crippen LogP contribution is 2.34. The molecule has 3 nitrogen and oxygen atoms in total. The van der Waals surface area contributed by atoms with Gasteiger partial charge in [0.1, 0.15) is 0 Å². The van der Waals surface area contributed by atoms with Gasteiger partial charge in [0.05, 0.1) is 12.2 Å². The normalized spacial score (nSPS) is 19.3. The molecule has 1 aromatic carbocycles. The summed E-state index contributed by atoms with van der Waals surface area (Å²) in [6, 6.07) is 5.24. The molecule has 22 heavy (non-hydrogen) atoms. The summed E-state index contributed by atoms with van der Waals surface area (Å²) in [5.41, 5.74) is -0.428. The van der Waals surface area contributed by atoms with Gasteiger partial charge in [0.2, 0.25) is 5.91 Å². The van der Waals surface area contributed by atoms with E-state index < -0.39 is 11.7 Å². The number of nitrogens with one attached hydrogen (secondary N) is 1. The van der Waals surface area contributed by atoms with Crippen molar-refractivity contribution < 1.29 is 22.7 Å². The second kappa shape index (κ2) is 6.96. The van der Waals surface area contributed by atoms with Crippen LogP contribution in [-0.2, 0) is 15.7 Å². The molecular weight excluding hydrogens is 295 g/mol. The van der Waals surface area contributed by atoms with Gasteiger partial charge in [-0.25, -0.2) is 0 Å². The zero-order valence-corrected chi connectivity index (χ0v) is 12.2. The van der Waals surface area contributed by atoms with E-state index in [-0.39, 0.29) is 23.0 Å². The topological polar surface area (TPSA) is 38.3 Å². The van der Waals surface area contributed by atoms with Crippen molar-refractivity contribution >= 4 is 11.5 Å². The number of alkyl halides is 3. The SMILES string of the molecule is C/C(=C\C(=O)NC[C@H]1CCOC1)c1ccccc1C(F)(F)F. The van der Waals surface area contributed by atoms with E-state index in [1.54, 1.807) is 0 Å². The Kier molecular flexibility index (Phi) is 5.24. The molecule has 0 radical (unpaired) electrons. The monoisotopic (exact) mass is 313 g/mol. The van der Waals surface area contributed by atoms with E-state index in [0.717, 1.165) is 12.5 Å². The minimum atomic E-state index is -4.44. The molecule has 1 heterocycles. The van der Waals surface area contributed by atoms with E-state index in [1.165, 1.54) is 31.2 Å². The number of carbonyl (C=O) groups excluding carboxylic acids is 1. The molecule has 1 atom stereocenters. The predicted octanol–water partition coefficient (Wildman–Crippen LogP) is 3.26. The number of allylic oxidation sites excluding steroid dienone is 1. The van der Waals surface area contributed by atoms with E-state index >= 15 is 0 Å².